The third-order valence-electron chi connectivity index (χ3n) is 5.25. The van der Waals surface area contributed by atoms with Gasteiger partial charge in [-0.05, 0) is 58.3 Å². The monoisotopic (exact) mass is 437 g/mol. The van der Waals surface area contributed by atoms with Crippen molar-refractivity contribution >= 4 is 34.2 Å². The molecule has 164 valence electrons. The van der Waals surface area contributed by atoms with Crippen molar-refractivity contribution in [1.29, 1.82) is 0 Å². The molecule has 0 saturated heterocycles. The lowest BCUT2D eigenvalue weighted by molar-refractivity contribution is 0.262. The van der Waals surface area contributed by atoms with E-state index in [-0.39, 0.29) is 0 Å². The van der Waals surface area contributed by atoms with Gasteiger partial charge >= 0.3 is 0 Å². The number of hydrogen-bond acceptors (Lipinski definition) is 3. The van der Waals surface area contributed by atoms with E-state index in [4.69, 9.17) is 21.6 Å². The van der Waals surface area contributed by atoms with E-state index in [0.29, 0.717) is 5.03 Å². The van der Waals surface area contributed by atoms with E-state index in [0.717, 1.165) is 67.2 Å². The molecule has 3 rings (SSSR count). The molecule has 0 N–H and O–H groups in total. The standard InChI is InChI=1S/C25H32ClN5/c1-6-10-13-21(20(26)12-7-2)31-24-22(14-11-15-27-24)30-23(19(5)28-25(30)31)18-29(16-8-3)17-9-4/h11-15H,7-9,16-18H2,1-5H3/b20-12+,21-13+. The number of fused-ring (bicyclic) bond motifs is 3. The van der Waals surface area contributed by atoms with Crippen LogP contribution in [0.1, 0.15) is 58.3 Å². The van der Waals surface area contributed by atoms with Crippen LogP contribution in [0.25, 0.3) is 22.6 Å². The molecule has 0 spiro atoms. The number of aromatic nitrogens is 4. The fourth-order valence-electron chi connectivity index (χ4n) is 3.97. The number of allylic oxidation sites excluding steroid dienone is 4. The van der Waals surface area contributed by atoms with Crippen molar-refractivity contribution in [2.24, 2.45) is 0 Å². The Bertz CT molecular complexity index is 1160. The van der Waals surface area contributed by atoms with Gasteiger partial charge in [0.05, 0.1) is 27.6 Å². The number of hydrogen-bond donors (Lipinski definition) is 0. The Morgan fingerprint density at radius 1 is 1.23 bits per heavy atom. The first kappa shape index (κ1) is 23.1. The molecule has 0 aliphatic carbocycles. The van der Waals surface area contributed by atoms with Crippen LogP contribution in [-0.2, 0) is 6.54 Å². The first-order valence-corrected chi connectivity index (χ1v) is 11.5. The summed E-state index contributed by atoms with van der Waals surface area (Å²) in [4.78, 5) is 12.2. The Labute approximate surface area is 190 Å². The number of pyridine rings is 1. The van der Waals surface area contributed by atoms with Gasteiger partial charge < -0.3 is 0 Å². The average Bonchev–Trinajstić information content (AvgIpc) is 3.23. The lowest BCUT2D eigenvalue weighted by Crippen LogP contribution is -2.26. The third-order valence-corrected chi connectivity index (χ3v) is 5.60. The van der Waals surface area contributed by atoms with Gasteiger partial charge in [-0.25, -0.2) is 9.97 Å². The van der Waals surface area contributed by atoms with Crippen LogP contribution in [0.15, 0.2) is 35.5 Å². The highest BCUT2D eigenvalue weighted by atomic mass is 35.5. The van der Waals surface area contributed by atoms with Gasteiger partial charge in [0, 0.05) is 18.8 Å². The van der Waals surface area contributed by atoms with Gasteiger partial charge in [0.2, 0.25) is 5.78 Å². The van der Waals surface area contributed by atoms with E-state index >= 15 is 0 Å². The topological polar surface area (TPSA) is 38.4 Å². The Morgan fingerprint density at radius 2 is 1.97 bits per heavy atom. The van der Waals surface area contributed by atoms with Crippen LogP contribution in [0.3, 0.4) is 0 Å². The van der Waals surface area contributed by atoms with Gasteiger partial charge in [-0.1, -0.05) is 44.4 Å². The SMILES string of the molecule is CC#C/C=C(\C(Cl)=C/CC)n1c2ncccc2n2c(CN(CCC)CCC)c(C)nc12. The van der Waals surface area contributed by atoms with E-state index in [2.05, 4.69) is 54.9 Å². The maximum atomic E-state index is 6.72. The largest absolute Gasteiger partial charge is 0.298 e. The molecule has 3 aromatic rings. The van der Waals surface area contributed by atoms with Crippen LogP contribution >= 0.6 is 11.6 Å². The molecular weight excluding hydrogens is 406 g/mol. The zero-order chi connectivity index (χ0) is 22.4. The van der Waals surface area contributed by atoms with Crippen LogP contribution in [0.2, 0.25) is 0 Å². The van der Waals surface area contributed by atoms with Crippen molar-refractivity contribution in [2.75, 3.05) is 13.1 Å². The molecular formula is C25H32ClN5. The van der Waals surface area contributed by atoms with Crippen LogP contribution in [0.4, 0.5) is 0 Å². The molecule has 0 fully saturated rings. The van der Waals surface area contributed by atoms with Crippen molar-refractivity contribution in [2.45, 2.75) is 60.4 Å². The van der Waals surface area contributed by atoms with Crippen molar-refractivity contribution < 1.29 is 0 Å². The first-order valence-electron chi connectivity index (χ1n) is 11.1. The van der Waals surface area contributed by atoms with E-state index < -0.39 is 0 Å². The van der Waals surface area contributed by atoms with Crippen LogP contribution in [0.5, 0.6) is 0 Å². The smallest absolute Gasteiger partial charge is 0.221 e. The third kappa shape index (κ3) is 4.71. The minimum Gasteiger partial charge on any atom is -0.298 e. The van der Waals surface area contributed by atoms with Crippen molar-refractivity contribution in [3.05, 3.63) is 46.9 Å². The molecule has 3 heterocycles. The predicted octanol–water partition coefficient (Wildman–Crippen LogP) is 6.01. The quantitative estimate of drug-likeness (QED) is 0.304. The minimum absolute atomic E-state index is 0.649. The second-order valence-electron chi connectivity index (χ2n) is 7.62. The molecule has 0 aliphatic heterocycles. The molecule has 0 aromatic carbocycles. The Balaban J connectivity index is 2.30. The Hall–Kier alpha value is -2.55. The average molecular weight is 438 g/mol. The van der Waals surface area contributed by atoms with E-state index in [9.17, 15) is 0 Å². The highest BCUT2D eigenvalue weighted by Gasteiger charge is 2.23. The summed E-state index contributed by atoms with van der Waals surface area (Å²) in [6.07, 6.45) is 8.75. The van der Waals surface area contributed by atoms with Gasteiger partial charge in [-0.3, -0.25) is 13.9 Å². The van der Waals surface area contributed by atoms with E-state index in [1.54, 1.807) is 0 Å². The summed E-state index contributed by atoms with van der Waals surface area (Å²) < 4.78 is 4.27. The lowest BCUT2D eigenvalue weighted by Gasteiger charge is -2.20. The summed E-state index contributed by atoms with van der Waals surface area (Å²) >= 11 is 6.72. The number of aryl methyl sites for hydroxylation is 1. The second-order valence-corrected chi connectivity index (χ2v) is 8.03. The fourth-order valence-corrected chi connectivity index (χ4v) is 4.26. The molecule has 0 radical (unpaired) electrons. The molecule has 31 heavy (non-hydrogen) atoms. The van der Waals surface area contributed by atoms with Gasteiger partial charge in [-0.15, -0.1) is 5.92 Å². The minimum atomic E-state index is 0.649. The van der Waals surface area contributed by atoms with E-state index in [1.807, 2.05) is 35.9 Å². The summed E-state index contributed by atoms with van der Waals surface area (Å²) in [7, 11) is 0. The summed E-state index contributed by atoms with van der Waals surface area (Å²) in [6.45, 7) is 13.4. The zero-order valence-electron chi connectivity index (χ0n) is 19.2. The fraction of sp³-hybridized carbons (Fsp3) is 0.440. The van der Waals surface area contributed by atoms with Crippen LogP contribution in [-0.4, -0.2) is 36.9 Å². The van der Waals surface area contributed by atoms with Gasteiger partial charge in [0.1, 0.15) is 0 Å². The summed E-state index contributed by atoms with van der Waals surface area (Å²) in [5.74, 6) is 6.83. The molecule has 3 aromatic heterocycles. The molecule has 0 saturated carbocycles. The Morgan fingerprint density at radius 3 is 2.61 bits per heavy atom. The summed E-state index contributed by atoms with van der Waals surface area (Å²) in [5.41, 5.74) is 4.88. The maximum absolute atomic E-state index is 6.72. The first-order chi connectivity index (χ1) is 15.1. The normalized spacial score (nSPS) is 12.7. The highest BCUT2D eigenvalue weighted by molar-refractivity contribution is 6.36. The van der Waals surface area contributed by atoms with Crippen molar-refractivity contribution in [3.8, 4) is 11.8 Å². The summed E-state index contributed by atoms with van der Waals surface area (Å²) in [6, 6.07) is 4.07. The van der Waals surface area contributed by atoms with Crippen LogP contribution < -0.4 is 0 Å². The second kappa shape index (κ2) is 10.7. The Kier molecular flexibility index (Phi) is 7.95. The number of imidazole rings is 2. The van der Waals surface area contributed by atoms with Gasteiger partial charge in [0.25, 0.3) is 0 Å². The number of halogens is 1. The molecule has 0 aliphatic rings. The van der Waals surface area contributed by atoms with Crippen molar-refractivity contribution in [1.82, 2.24) is 23.8 Å². The molecule has 0 atom stereocenters. The maximum Gasteiger partial charge on any atom is 0.221 e. The van der Waals surface area contributed by atoms with Crippen LogP contribution in [0, 0.1) is 18.8 Å². The lowest BCUT2D eigenvalue weighted by atomic mass is 10.2. The van der Waals surface area contributed by atoms with E-state index in [1.165, 1.54) is 5.69 Å². The molecule has 0 bridgehead atoms. The molecule has 5 nitrogen and oxygen atoms in total. The predicted molar refractivity (Wildman–Crippen MR) is 131 cm³/mol. The highest BCUT2D eigenvalue weighted by Crippen LogP contribution is 2.31. The summed E-state index contributed by atoms with van der Waals surface area (Å²) in [5, 5.41) is 0.649. The molecule has 0 unspecified atom stereocenters. The van der Waals surface area contributed by atoms with Gasteiger partial charge in [-0.2, -0.15) is 0 Å². The van der Waals surface area contributed by atoms with Gasteiger partial charge in [0.15, 0.2) is 5.65 Å². The van der Waals surface area contributed by atoms with Crippen molar-refractivity contribution in [3.63, 3.8) is 0 Å². The zero-order valence-corrected chi connectivity index (χ0v) is 20.0. The molecule has 0 amide bonds. The number of rotatable bonds is 9. The number of nitrogens with zero attached hydrogens (tertiary/aromatic N) is 5. The molecule has 6 heteroatoms.